The van der Waals surface area contributed by atoms with Crippen molar-refractivity contribution in [2.24, 2.45) is 0 Å². The Labute approximate surface area is 167 Å². The van der Waals surface area contributed by atoms with E-state index >= 15 is 0 Å². The summed E-state index contributed by atoms with van der Waals surface area (Å²) in [5.41, 5.74) is 0.913. The molecule has 2 atom stereocenters. The van der Waals surface area contributed by atoms with Gasteiger partial charge in [-0.25, -0.2) is 17.6 Å². The fourth-order valence-corrected chi connectivity index (χ4v) is 3.55. The van der Waals surface area contributed by atoms with Crippen LogP contribution in [0, 0.1) is 23.0 Å². The molecule has 1 aliphatic rings. The predicted octanol–water partition coefficient (Wildman–Crippen LogP) is 6.88. The summed E-state index contributed by atoms with van der Waals surface area (Å²) in [6.07, 6.45) is 1.42. The van der Waals surface area contributed by atoms with Gasteiger partial charge in [-0.2, -0.15) is 5.26 Å². The first-order valence-electron chi connectivity index (χ1n) is 9.59. The molecule has 0 N–H and O–H groups in total. The minimum Gasteiger partial charge on any atom is -0.373 e. The topological polar surface area (TPSA) is 33.0 Å². The molecule has 0 bridgehead atoms. The van der Waals surface area contributed by atoms with Gasteiger partial charge in [0.2, 0.25) is 0 Å². The molecule has 0 spiro atoms. The van der Waals surface area contributed by atoms with Crippen LogP contribution >= 0.6 is 0 Å². The summed E-state index contributed by atoms with van der Waals surface area (Å²) in [7, 11) is 0. The van der Waals surface area contributed by atoms with Crippen LogP contribution in [-0.4, -0.2) is 6.61 Å². The minimum absolute atomic E-state index is 0.0564. The molecule has 0 amide bonds. The summed E-state index contributed by atoms with van der Waals surface area (Å²) < 4.78 is 61.2. The molecule has 2 unspecified atom stereocenters. The standard InChI is InChI=1S/C23H21F4NO/c1-2-3-19(24)23(27)15-6-4-14(5-7-15)16-8-9-22(29-13-16)17-10-20(25)18(12-28)21(26)11-17/h4-7,10-11,16,22H,2-3,8-9,13H2,1H3/b23-19+. The third-order valence-electron chi connectivity index (χ3n) is 5.17. The van der Waals surface area contributed by atoms with E-state index in [0.717, 1.165) is 24.1 Å². The first-order valence-corrected chi connectivity index (χ1v) is 9.59. The second-order valence-corrected chi connectivity index (χ2v) is 7.16. The normalized spacial score (nSPS) is 20.1. The second-order valence-electron chi connectivity index (χ2n) is 7.16. The van der Waals surface area contributed by atoms with Crippen molar-refractivity contribution in [3.63, 3.8) is 0 Å². The van der Waals surface area contributed by atoms with Crippen molar-refractivity contribution in [2.45, 2.75) is 44.6 Å². The van der Waals surface area contributed by atoms with Crippen molar-refractivity contribution in [1.29, 1.82) is 5.26 Å². The highest BCUT2D eigenvalue weighted by atomic mass is 19.2. The van der Waals surface area contributed by atoms with E-state index in [-0.39, 0.29) is 17.9 Å². The number of nitrogens with zero attached hydrogens (tertiary/aromatic N) is 1. The Kier molecular flexibility index (Phi) is 6.71. The van der Waals surface area contributed by atoms with Crippen LogP contribution in [0.1, 0.15) is 66.9 Å². The van der Waals surface area contributed by atoms with Gasteiger partial charge in [0.1, 0.15) is 29.1 Å². The zero-order chi connectivity index (χ0) is 21.0. The van der Waals surface area contributed by atoms with Crippen LogP contribution in [0.3, 0.4) is 0 Å². The molecule has 1 aliphatic heterocycles. The number of benzene rings is 2. The van der Waals surface area contributed by atoms with Gasteiger partial charge in [-0.15, -0.1) is 0 Å². The van der Waals surface area contributed by atoms with Crippen molar-refractivity contribution in [2.75, 3.05) is 6.61 Å². The zero-order valence-electron chi connectivity index (χ0n) is 16.0. The maximum atomic E-state index is 14.0. The van der Waals surface area contributed by atoms with Crippen molar-refractivity contribution < 1.29 is 22.3 Å². The fraction of sp³-hybridized carbons (Fsp3) is 0.348. The second kappa shape index (κ2) is 9.23. The summed E-state index contributed by atoms with van der Waals surface area (Å²) in [6.45, 7) is 2.13. The minimum atomic E-state index is -0.894. The van der Waals surface area contributed by atoms with Crippen molar-refractivity contribution in [3.05, 3.63) is 76.1 Å². The van der Waals surface area contributed by atoms with Gasteiger partial charge in [0.05, 0.1) is 12.7 Å². The summed E-state index contributed by atoms with van der Waals surface area (Å²) in [4.78, 5) is 0. The molecule has 0 radical (unpaired) electrons. The van der Waals surface area contributed by atoms with Crippen LogP contribution in [0.25, 0.3) is 5.83 Å². The van der Waals surface area contributed by atoms with Crippen LogP contribution in [0.4, 0.5) is 17.6 Å². The quantitative estimate of drug-likeness (QED) is 0.510. The Morgan fingerprint density at radius 2 is 1.72 bits per heavy atom. The largest absolute Gasteiger partial charge is 0.373 e. The number of nitriles is 1. The highest BCUT2D eigenvalue weighted by Gasteiger charge is 2.26. The average Bonchev–Trinajstić information content (AvgIpc) is 2.73. The number of hydrogen-bond acceptors (Lipinski definition) is 2. The van der Waals surface area contributed by atoms with Gasteiger partial charge in [0.25, 0.3) is 0 Å². The maximum Gasteiger partial charge on any atom is 0.161 e. The Morgan fingerprint density at radius 3 is 2.24 bits per heavy atom. The molecular formula is C23H21F4NO. The molecule has 2 aromatic rings. The summed E-state index contributed by atoms with van der Waals surface area (Å²) in [5, 5.41) is 8.76. The molecule has 29 heavy (non-hydrogen) atoms. The van der Waals surface area contributed by atoms with E-state index in [1.807, 2.05) is 0 Å². The Hall–Kier alpha value is -2.65. The maximum absolute atomic E-state index is 14.0. The molecule has 0 aliphatic carbocycles. The molecule has 1 saturated heterocycles. The number of hydrogen-bond donors (Lipinski definition) is 0. The van der Waals surface area contributed by atoms with Gasteiger partial charge < -0.3 is 4.74 Å². The van der Waals surface area contributed by atoms with E-state index in [2.05, 4.69) is 0 Å². The predicted molar refractivity (Wildman–Crippen MR) is 102 cm³/mol. The number of halogens is 4. The Bertz CT molecular complexity index is 915. The van der Waals surface area contributed by atoms with Gasteiger partial charge >= 0.3 is 0 Å². The SMILES string of the molecule is CCC/C(F)=C(\F)c1ccc(C2CCC(c3cc(F)c(C#N)c(F)c3)OC2)cc1. The summed E-state index contributed by atoms with van der Waals surface area (Å²) >= 11 is 0. The molecule has 6 heteroatoms. The van der Waals surface area contributed by atoms with Crippen molar-refractivity contribution in [3.8, 4) is 6.07 Å². The molecule has 1 heterocycles. The first kappa shape index (κ1) is 21.1. The lowest BCUT2D eigenvalue weighted by atomic mass is 9.89. The van der Waals surface area contributed by atoms with Gasteiger partial charge in [-0.05, 0) is 42.5 Å². The molecule has 2 nitrogen and oxygen atoms in total. The van der Waals surface area contributed by atoms with Crippen molar-refractivity contribution >= 4 is 5.83 Å². The van der Waals surface area contributed by atoms with E-state index in [1.54, 1.807) is 31.2 Å². The van der Waals surface area contributed by atoms with E-state index in [0.29, 0.717) is 25.0 Å². The lowest BCUT2D eigenvalue weighted by Crippen LogP contribution is -2.19. The van der Waals surface area contributed by atoms with Crippen LogP contribution in [0.15, 0.2) is 42.2 Å². The van der Waals surface area contributed by atoms with Crippen LogP contribution in [0.5, 0.6) is 0 Å². The van der Waals surface area contributed by atoms with Gasteiger partial charge in [0.15, 0.2) is 5.83 Å². The lowest BCUT2D eigenvalue weighted by molar-refractivity contribution is 0.00204. The lowest BCUT2D eigenvalue weighted by Gasteiger charge is -2.30. The third-order valence-corrected chi connectivity index (χ3v) is 5.17. The van der Waals surface area contributed by atoms with E-state index in [9.17, 15) is 17.6 Å². The number of rotatable bonds is 5. The van der Waals surface area contributed by atoms with E-state index < -0.39 is 35.0 Å². The van der Waals surface area contributed by atoms with Crippen molar-refractivity contribution in [1.82, 2.24) is 0 Å². The Balaban J connectivity index is 1.67. The zero-order valence-corrected chi connectivity index (χ0v) is 16.0. The molecular weight excluding hydrogens is 382 g/mol. The monoisotopic (exact) mass is 403 g/mol. The van der Waals surface area contributed by atoms with Crippen LogP contribution in [0.2, 0.25) is 0 Å². The Morgan fingerprint density at radius 1 is 1.07 bits per heavy atom. The summed E-state index contributed by atoms with van der Waals surface area (Å²) in [6, 6.07) is 10.4. The van der Waals surface area contributed by atoms with E-state index in [4.69, 9.17) is 10.00 Å². The highest BCUT2D eigenvalue weighted by molar-refractivity contribution is 5.61. The average molecular weight is 403 g/mol. The number of allylic oxidation sites excluding steroid dienone is 1. The molecule has 2 aromatic carbocycles. The van der Waals surface area contributed by atoms with Gasteiger partial charge in [-0.3, -0.25) is 0 Å². The summed E-state index contributed by atoms with van der Waals surface area (Å²) in [5.74, 6) is -3.31. The van der Waals surface area contributed by atoms with E-state index in [1.165, 1.54) is 6.07 Å². The number of ether oxygens (including phenoxy) is 1. The molecule has 0 aromatic heterocycles. The van der Waals surface area contributed by atoms with Crippen LogP contribution in [-0.2, 0) is 4.74 Å². The molecule has 3 rings (SSSR count). The smallest absolute Gasteiger partial charge is 0.161 e. The fourth-order valence-electron chi connectivity index (χ4n) is 3.55. The highest BCUT2D eigenvalue weighted by Crippen LogP contribution is 2.37. The van der Waals surface area contributed by atoms with Crippen LogP contribution < -0.4 is 0 Å². The van der Waals surface area contributed by atoms with Gasteiger partial charge in [-0.1, -0.05) is 31.2 Å². The first-order chi connectivity index (χ1) is 13.9. The van der Waals surface area contributed by atoms with Gasteiger partial charge in [0, 0.05) is 17.9 Å². The third kappa shape index (κ3) is 4.68. The molecule has 0 saturated carbocycles. The molecule has 1 fully saturated rings. The molecule has 152 valence electrons.